The molecule has 0 aliphatic heterocycles. The number of thioether (sulfide) groups is 1. The zero-order valence-corrected chi connectivity index (χ0v) is 19.9. The largest absolute Gasteiger partial charge is 0.394 e. The number of anilines is 1. The first-order chi connectivity index (χ1) is 16.3. The molecule has 2 aromatic rings. The van der Waals surface area contributed by atoms with Gasteiger partial charge in [0.1, 0.15) is 28.2 Å². The Bertz CT molecular complexity index is 1110. The minimum Gasteiger partial charge on any atom is -0.394 e. The standard InChI is InChI=1S/C24H27N5O4S/c1-3-18-19(11-25)23(29(2)13-16(31)9-10-17(32)14-30)28-24(20(18)12-26)34-21(22(27)33)15-7-5-4-6-8-15/h4-8,17,21,30,32H,3,9-10,13-14H2,1-2H3,(H2,27,33)/t17-,21?/m1/s1. The van der Waals surface area contributed by atoms with Crippen LogP contribution in [0.1, 0.15) is 47.3 Å². The summed E-state index contributed by atoms with van der Waals surface area (Å²) in [6.07, 6.45) is -0.445. The maximum absolute atomic E-state index is 12.4. The van der Waals surface area contributed by atoms with Crippen molar-refractivity contribution in [2.45, 2.75) is 42.6 Å². The lowest BCUT2D eigenvalue weighted by molar-refractivity contribution is -0.118. The Hall–Kier alpha value is -3.44. The van der Waals surface area contributed by atoms with Crippen molar-refractivity contribution in [3.05, 3.63) is 52.6 Å². The molecule has 1 aromatic heterocycles. The smallest absolute Gasteiger partial charge is 0.235 e. The van der Waals surface area contributed by atoms with Gasteiger partial charge in [0.2, 0.25) is 5.91 Å². The number of hydrogen-bond donors (Lipinski definition) is 3. The highest BCUT2D eigenvalue weighted by molar-refractivity contribution is 8.00. The van der Waals surface area contributed by atoms with E-state index in [0.717, 1.165) is 11.8 Å². The van der Waals surface area contributed by atoms with E-state index < -0.39 is 23.9 Å². The molecule has 0 radical (unpaired) electrons. The molecule has 1 amide bonds. The third-order valence-electron chi connectivity index (χ3n) is 5.16. The van der Waals surface area contributed by atoms with E-state index in [9.17, 15) is 25.2 Å². The molecular formula is C24H27N5O4S. The SMILES string of the molecule is CCc1c(C#N)c(SC(C(N)=O)c2ccccc2)nc(N(C)CC(=O)CC[C@@H](O)CO)c1C#N. The number of nitrogens with zero attached hydrogens (tertiary/aromatic N) is 4. The van der Waals surface area contributed by atoms with Crippen molar-refractivity contribution in [3.8, 4) is 12.1 Å². The van der Waals surface area contributed by atoms with E-state index >= 15 is 0 Å². The van der Waals surface area contributed by atoms with Crippen LogP contribution in [0.3, 0.4) is 0 Å². The first-order valence-electron chi connectivity index (χ1n) is 10.7. The number of primary amides is 1. The van der Waals surface area contributed by atoms with Crippen molar-refractivity contribution in [3.63, 3.8) is 0 Å². The van der Waals surface area contributed by atoms with Gasteiger partial charge in [0.25, 0.3) is 0 Å². The summed E-state index contributed by atoms with van der Waals surface area (Å²) in [5.41, 5.74) is 7.16. The maximum atomic E-state index is 12.4. The number of Topliss-reactive ketones (excluding diaryl/α,β-unsaturated/α-hetero) is 1. The highest BCUT2D eigenvalue weighted by Gasteiger charge is 2.27. The van der Waals surface area contributed by atoms with Crippen LogP contribution in [0.5, 0.6) is 0 Å². The van der Waals surface area contributed by atoms with Gasteiger partial charge < -0.3 is 20.8 Å². The molecule has 1 unspecified atom stereocenters. The summed E-state index contributed by atoms with van der Waals surface area (Å²) >= 11 is 1.03. The molecule has 34 heavy (non-hydrogen) atoms. The van der Waals surface area contributed by atoms with Gasteiger partial charge in [-0.05, 0) is 24.0 Å². The molecule has 1 aromatic carbocycles. The Morgan fingerprint density at radius 1 is 1.21 bits per heavy atom. The molecule has 9 nitrogen and oxygen atoms in total. The number of benzene rings is 1. The van der Waals surface area contributed by atoms with Crippen LogP contribution >= 0.6 is 11.8 Å². The van der Waals surface area contributed by atoms with Crippen LogP contribution in [-0.4, -0.2) is 53.2 Å². The number of aromatic nitrogens is 1. The maximum Gasteiger partial charge on any atom is 0.235 e. The summed E-state index contributed by atoms with van der Waals surface area (Å²) in [4.78, 5) is 30.7. The van der Waals surface area contributed by atoms with Gasteiger partial charge >= 0.3 is 0 Å². The van der Waals surface area contributed by atoms with Crippen LogP contribution < -0.4 is 10.6 Å². The van der Waals surface area contributed by atoms with Gasteiger partial charge in [-0.15, -0.1) is 0 Å². The number of hydrogen-bond acceptors (Lipinski definition) is 9. The Morgan fingerprint density at radius 3 is 2.38 bits per heavy atom. The molecule has 10 heteroatoms. The Labute approximate surface area is 202 Å². The number of pyridine rings is 1. The van der Waals surface area contributed by atoms with E-state index in [4.69, 9.17) is 10.8 Å². The van der Waals surface area contributed by atoms with E-state index in [1.165, 1.54) is 4.90 Å². The van der Waals surface area contributed by atoms with Gasteiger partial charge in [-0.25, -0.2) is 4.98 Å². The number of carbonyl (C=O) groups is 2. The first-order valence-corrected chi connectivity index (χ1v) is 11.5. The molecule has 0 saturated carbocycles. The number of likely N-dealkylation sites (N-methyl/N-ethyl adjacent to an activating group) is 1. The molecule has 4 N–H and O–H groups in total. The lowest BCUT2D eigenvalue weighted by atomic mass is 10.0. The van der Waals surface area contributed by atoms with Crippen LogP contribution in [0, 0.1) is 22.7 Å². The molecular weight excluding hydrogens is 454 g/mol. The summed E-state index contributed by atoms with van der Waals surface area (Å²) < 4.78 is 0. The summed E-state index contributed by atoms with van der Waals surface area (Å²) in [6.45, 7) is 1.29. The summed E-state index contributed by atoms with van der Waals surface area (Å²) in [5.74, 6) is -0.596. The number of carbonyl (C=O) groups excluding carboxylic acids is 2. The van der Waals surface area contributed by atoms with Crippen LogP contribution in [0.4, 0.5) is 5.82 Å². The molecule has 2 atom stereocenters. The van der Waals surface area contributed by atoms with Crippen molar-refractivity contribution < 1.29 is 19.8 Å². The molecule has 0 fully saturated rings. The zero-order valence-electron chi connectivity index (χ0n) is 19.1. The molecule has 0 spiro atoms. The second-order valence-electron chi connectivity index (χ2n) is 7.63. The van der Waals surface area contributed by atoms with Crippen LogP contribution in [0.25, 0.3) is 0 Å². The molecule has 0 aliphatic carbocycles. The van der Waals surface area contributed by atoms with Gasteiger partial charge in [0.05, 0.1) is 30.4 Å². The van der Waals surface area contributed by atoms with Crippen LogP contribution in [0.15, 0.2) is 35.4 Å². The van der Waals surface area contributed by atoms with E-state index in [1.807, 2.05) is 6.07 Å². The number of aliphatic hydroxyl groups is 2. The normalized spacial score (nSPS) is 12.3. The molecule has 1 heterocycles. The second kappa shape index (κ2) is 12.7. The average Bonchev–Trinajstić information content (AvgIpc) is 2.84. The average molecular weight is 482 g/mol. The summed E-state index contributed by atoms with van der Waals surface area (Å²) in [6, 6.07) is 13.1. The summed E-state index contributed by atoms with van der Waals surface area (Å²) in [5, 5.41) is 37.5. The number of nitriles is 2. The number of amides is 1. The lowest BCUT2D eigenvalue weighted by Gasteiger charge is -2.23. The number of nitrogens with two attached hydrogens (primary N) is 1. The minimum atomic E-state index is -0.977. The van der Waals surface area contributed by atoms with Crippen molar-refractivity contribution in [1.29, 1.82) is 10.5 Å². The predicted octanol–water partition coefficient (Wildman–Crippen LogP) is 1.84. The summed E-state index contributed by atoms with van der Waals surface area (Å²) in [7, 11) is 1.60. The van der Waals surface area contributed by atoms with Crippen molar-refractivity contribution >= 4 is 29.3 Å². The number of ketones is 1. The fourth-order valence-electron chi connectivity index (χ4n) is 3.41. The lowest BCUT2D eigenvalue weighted by Crippen LogP contribution is -2.29. The van der Waals surface area contributed by atoms with Crippen LogP contribution in [-0.2, 0) is 16.0 Å². The topological polar surface area (TPSA) is 164 Å². The number of aliphatic hydroxyl groups excluding tert-OH is 2. The van der Waals surface area contributed by atoms with E-state index in [0.29, 0.717) is 17.5 Å². The highest BCUT2D eigenvalue weighted by Crippen LogP contribution is 2.39. The Kier molecular flexibility index (Phi) is 10.0. The fraction of sp³-hybridized carbons (Fsp3) is 0.375. The van der Waals surface area contributed by atoms with Gasteiger partial charge in [-0.1, -0.05) is 49.0 Å². The van der Waals surface area contributed by atoms with E-state index in [1.54, 1.807) is 38.2 Å². The van der Waals surface area contributed by atoms with Crippen molar-refractivity contribution in [2.75, 3.05) is 25.1 Å². The van der Waals surface area contributed by atoms with Crippen molar-refractivity contribution in [1.82, 2.24) is 4.98 Å². The third kappa shape index (κ3) is 6.55. The fourth-order valence-corrected chi connectivity index (χ4v) is 4.47. The Balaban J connectivity index is 2.49. The van der Waals surface area contributed by atoms with Gasteiger partial charge in [0.15, 0.2) is 5.78 Å². The minimum absolute atomic E-state index is 0.0459. The van der Waals surface area contributed by atoms with E-state index in [-0.39, 0.29) is 47.1 Å². The van der Waals surface area contributed by atoms with Gasteiger partial charge in [-0.2, -0.15) is 10.5 Å². The molecule has 2 rings (SSSR count). The zero-order chi connectivity index (χ0) is 25.3. The molecule has 0 aliphatic rings. The quantitative estimate of drug-likeness (QED) is 0.384. The third-order valence-corrected chi connectivity index (χ3v) is 6.42. The predicted molar refractivity (Wildman–Crippen MR) is 128 cm³/mol. The van der Waals surface area contributed by atoms with Gasteiger partial charge in [-0.3, -0.25) is 9.59 Å². The molecule has 0 saturated heterocycles. The van der Waals surface area contributed by atoms with Gasteiger partial charge in [0, 0.05) is 13.5 Å². The Morgan fingerprint density at radius 2 is 1.85 bits per heavy atom. The second-order valence-corrected chi connectivity index (χ2v) is 8.72. The van der Waals surface area contributed by atoms with E-state index in [2.05, 4.69) is 17.1 Å². The first kappa shape index (κ1) is 26.8. The van der Waals surface area contributed by atoms with Crippen molar-refractivity contribution in [2.24, 2.45) is 5.73 Å². The molecule has 0 bridgehead atoms. The van der Waals surface area contributed by atoms with Crippen LogP contribution in [0.2, 0.25) is 0 Å². The number of rotatable bonds is 12. The highest BCUT2D eigenvalue weighted by atomic mass is 32.2. The monoisotopic (exact) mass is 481 g/mol. The molecule has 178 valence electrons.